The zero-order valence-corrected chi connectivity index (χ0v) is 14.5. The molecule has 3 rings (SSSR count). The van der Waals surface area contributed by atoms with E-state index in [0.717, 1.165) is 38.9 Å². The van der Waals surface area contributed by atoms with Gasteiger partial charge in [-0.15, -0.1) is 0 Å². The summed E-state index contributed by atoms with van der Waals surface area (Å²) in [6.07, 6.45) is 3.17. The first-order chi connectivity index (χ1) is 11.6. The van der Waals surface area contributed by atoms with Gasteiger partial charge in [-0.25, -0.2) is 0 Å². The first kappa shape index (κ1) is 17.0. The number of nitrogens with one attached hydrogen (secondary N) is 2. The van der Waals surface area contributed by atoms with Gasteiger partial charge in [-0.2, -0.15) is 0 Å². The second-order valence-electron chi connectivity index (χ2n) is 7.09. The van der Waals surface area contributed by atoms with Gasteiger partial charge in [-0.1, -0.05) is 19.1 Å². The molecule has 0 spiro atoms. The van der Waals surface area contributed by atoms with Crippen LogP contribution in [-0.4, -0.2) is 42.9 Å². The van der Waals surface area contributed by atoms with Crippen molar-refractivity contribution < 1.29 is 9.59 Å². The maximum Gasteiger partial charge on any atom is 0.251 e. The Labute approximate surface area is 143 Å². The van der Waals surface area contributed by atoms with Gasteiger partial charge in [0, 0.05) is 44.2 Å². The van der Waals surface area contributed by atoms with Gasteiger partial charge in [0.2, 0.25) is 5.91 Å². The number of piperidine rings is 1. The molecule has 0 radical (unpaired) electrons. The molecular formula is C19H27N3O2. The largest absolute Gasteiger partial charge is 0.355 e. The van der Waals surface area contributed by atoms with Crippen LogP contribution in [0.5, 0.6) is 0 Å². The van der Waals surface area contributed by atoms with Crippen LogP contribution in [0, 0.1) is 11.8 Å². The molecular weight excluding hydrogens is 302 g/mol. The van der Waals surface area contributed by atoms with E-state index in [0.29, 0.717) is 29.3 Å². The van der Waals surface area contributed by atoms with Gasteiger partial charge in [0.1, 0.15) is 0 Å². The molecule has 1 heterocycles. The van der Waals surface area contributed by atoms with Crippen molar-refractivity contribution in [1.29, 1.82) is 0 Å². The third-order valence-electron chi connectivity index (χ3n) is 5.16. The number of rotatable bonds is 5. The summed E-state index contributed by atoms with van der Waals surface area (Å²) in [6.45, 7) is 4.74. The summed E-state index contributed by atoms with van der Waals surface area (Å²) in [5.41, 5.74) is 1.85. The minimum Gasteiger partial charge on any atom is -0.355 e. The summed E-state index contributed by atoms with van der Waals surface area (Å²) in [5.74, 6) is 1.09. The molecule has 24 heavy (non-hydrogen) atoms. The lowest BCUT2D eigenvalue weighted by atomic mass is 9.93. The molecule has 0 bridgehead atoms. The fourth-order valence-corrected chi connectivity index (χ4v) is 3.40. The Morgan fingerprint density at radius 2 is 1.88 bits per heavy atom. The van der Waals surface area contributed by atoms with Crippen molar-refractivity contribution in [2.45, 2.75) is 38.8 Å². The maximum atomic E-state index is 12.2. The molecule has 1 saturated carbocycles. The fourth-order valence-electron chi connectivity index (χ4n) is 3.40. The minimum atomic E-state index is -0.0594. The van der Waals surface area contributed by atoms with Gasteiger partial charge in [0.15, 0.2) is 0 Å². The molecule has 1 saturated heterocycles. The molecule has 5 nitrogen and oxygen atoms in total. The van der Waals surface area contributed by atoms with Crippen LogP contribution in [0.2, 0.25) is 0 Å². The highest BCUT2D eigenvalue weighted by Gasteiger charge is 2.36. The fraction of sp³-hybridized carbons (Fsp3) is 0.579. The van der Waals surface area contributed by atoms with E-state index in [2.05, 4.69) is 22.5 Å². The van der Waals surface area contributed by atoms with Gasteiger partial charge in [0.05, 0.1) is 0 Å². The van der Waals surface area contributed by atoms with Gasteiger partial charge in [-0.3, -0.25) is 9.59 Å². The van der Waals surface area contributed by atoms with E-state index < -0.39 is 0 Å². The lowest BCUT2D eigenvalue weighted by Gasteiger charge is -2.37. The standard InChI is InChI=1S/C19H27N3O2/c1-13-12-22(19(24)16-7-8-16)10-9-17(13)21-11-14-3-5-15(6-4-14)18(23)20-2/h3-6,13,16-17,21H,7-12H2,1-2H3,(H,20,23)/t13-,17-/m1/s1. The van der Waals surface area contributed by atoms with E-state index >= 15 is 0 Å². The van der Waals surface area contributed by atoms with E-state index in [-0.39, 0.29) is 5.91 Å². The number of benzene rings is 1. The second kappa shape index (κ2) is 7.34. The number of amides is 2. The first-order valence-corrected chi connectivity index (χ1v) is 8.91. The lowest BCUT2D eigenvalue weighted by molar-refractivity contribution is -0.134. The second-order valence-corrected chi connectivity index (χ2v) is 7.09. The molecule has 5 heteroatoms. The zero-order valence-electron chi connectivity index (χ0n) is 14.5. The highest BCUT2D eigenvalue weighted by Crippen LogP contribution is 2.32. The highest BCUT2D eigenvalue weighted by atomic mass is 16.2. The lowest BCUT2D eigenvalue weighted by Crippen LogP contribution is -2.50. The summed E-state index contributed by atoms with van der Waals surface area (Å²) in [7, 11) is 1.64. The average molecular weight is 329 g/mol. The van der Waals surface area contributed by atoms with Crippen LogP contribution in [0.15, 0.2) is 24.3 Å². The number of hydrogen-bond donors (Lipinski definition) is 2. The Balaban J connectivity index is 1.48. The van der Waals surface area contributed by atoms with E-state index in [1.807, 2.05) is 24.3 Å². The minimum absolute atomic E-state index is 0.0594. The number of carbonyl (C=O) groups excluding carboxylic acids is 2. The normalized spacial score (nSPS) is 23.8. The smallest absolute Gasteiger partial charge is 0.251 e. The van der Waals surface area contributed by atoms with Gasteiger partial charge < -0.3 is 15.5 Å². The Morgan fingerprint density at radius 3 is 2.46 bits per heavy atom. The molecule has 2 amide bonds. The van der Waals surface area contributed by atoms with Crippen LogP contribution < -0.4 is 10.6 Å². The molecule has 2 aliphatic rings. The highest BCUT2D eigenvalue weighted by molar-refractivity contribution is 5.93. The summed E-state index contributed by atoms with van der Waals surface area (Å²) in [6, 6.07) is 8.14. The zero-order chi connectivity index (χ0) is 17.1. The molecule has 1 aliphatic heterocycles. The molecule has 130 valence electrons. The first-order valence-electron chi connectivity index (χ1n) is 8.91. The summed E-state index contributed by atoms with van der Waals surface area (Å²) >= 11 is 0. The monoisotopic (exact) mass is 329 g/mol. The van der Waals surface area contributed by atoms with Gasteiger partial charge >= 0.3 is 0 Å². The molecule has 1 aromatic carbocycles. The number of likely N-dealkylation sites (tertiary alicyclic amines) is 1. The van der Waals surface area contributed by atoms with Crippen molar-refractivity contribution in [3.8, 4) is 0 Å². The van der Waals surface area contributed by atoms with E-state index in [9.17, 15) is 9.59 Å². The predicted octanol–water partition coefficient (Wildman–Crippen LogP) is 1.78. The third kappa shape index (κ3) is 3.96. The molecule has 0 aromatic heterocycles. The predicted molar refractivity (Wildman–Crippen MR) is 93.5 cm³/mol. The van der Waals surface area contributed by atoms with E-state index in [1.54, 1.807) is 7.05 Å². The van der Waals surface area contributed by atoms with Gasteiger partial charge in [0.25, 0.3) is 5.91 Å². The Hall–Kier alpha value is -1.88. The summed E-state index contributed by atoms with van der Waals surface area (Å²) in [4.78, 5) is 25.8. The quantitative estimate of drug-likeness (QED) is 0.866. The molecule has 2 fully saturated rings. The number of carbonyl (C=O) groups is 2. The Morgan fingerprint density at radius 1 is 1.17 bits per heavy atom. The average Bonchev–Trinajstić information content (AvgIpc) is 3.45. The summed E-state index contributed by atoms with van der Waals surface area (Å²) in [5, 5.41) is 6.25. The van der Waals surface area contributed by atoms with Gasteiger partial charge in [-0.05, 0) is 42.9 Å². The van der Waals surface area contributed by atoms with Crippen LogP contribution in [0.3, 0.4) is 0 Å². The van der Waals surface area contributed by atoms with E-state index in [1.165, 1.54) is 5.56 Å². The SMILES string of the molecule is CNC(=O)c1ccc(CN[C@@H]2CCN(C(=O)C3CC3)C[C@H]2C)cc1. The molecule has 2 atom stereocenters. The van der Waals surface area contributed by atoms with Crippen LogP contribution in [0.25, 0.3) is 0 Å². The van der Waals surface area contributed by atoms with Crippen molar-refractivity contribution in [2.75, 3.05) is 20.1 Å². The van der Waals surface area contributed by atoms with Crippen molar-refractivity contribution in [2.24, 2.45) is 11.8 Å². The third-order valence-corrected chi connectivity index (χ3v) is 5.16. The van der Waals surface area contributed by atoms with Crippen LogP contribution in [0.4, 0.5) is 0 Å². The molecule has 1 aromatic rings. The van der Waals surface area contributed by atoms with Crippen LogP contribution >= 0.6 is 0 Å². The van der Waals surface area contributed by atoms with Crippen molar-refractivity contribution >= 4 is 11.8 Å². The number of nitrogens with zero attached hydrogens (tertiary/aromatic N) is 1. The van der Waals surface area contributed by atoms with E-state index in [4.69, 9.17) is 0 Å². The molecule has 2 N–H and O–H groups in total. The van der Waals surface area contributed by atoms with Crippen LogP contribution in [0.1, 0.15) is 42.1 Å². The Kier molecular flexibility index (Phi) is 5.19. The topological polar surface area (TPSA) is 61.4 Å². The van der Waals surface area contributed by atoms with Crippen LogP contribution in [-0.2, 0) is 11.3 Å². The number of hydrogen-bond acceptors (Lipinski definition) is 3. The summed E-state index contributed by atoms with van der Waals surface area (Å²) < 4.78 is 0. The molecule has 1 aliphatic carbocycles. The Bertz CT molecular complexity index is 595. The van der Waals surface area contributed by atoms with Crippen molar-refractivity contribution in [3.05, 3.63) is 35.4 Å². The molecule has 0 unspecified atom stereocenters. The maximum absolute atomic E-state index is 12.2. The van der Waals surface area contributed by atoms with Crippen molar-refractivity contribution in [3.63, 3.8) is 0 Å². The van der Waals surface area contributed by atoms with Crippen molar-refractivity contribution in [1.82, 2.24) is 15.5 Å².